The zero-order valence-corrected chi connectivity index (χ0v) is 18.5. The first-order valence-corrected chi connectivity index (χ1v) is 11.4. The van der Waals surface area contributed by atoms with Crippen LogP contribution < -0.4 is 20.3 Å². The van der Waals surface area contributed by atoms with E-state index in [4.69, 9.17) is 16.3 Å². The Morgan fingerprint density at radius 3 is 2.31 bits per heavy atom. The lowest BCUT2D eigenvalue weighted by Crippen LogP contribution is -2.41. The van der Waals surface area contributed by atoms with E-state index < -0.39 is 21.8 Å². The first kappa shape index (κ1) is 23.1. The molecule has 0 unspecified atom stereocenters. The van der Waals surface area contributed by atoms with Gasteiger partial charge in [0.25, 0.3) is 21.8 Å². The van der Waals surface area contributed by atoms with Gasteiger partial charge in [-0.25, -0.2) is 8.42 Å². The number of halogens is 1. The molecule has 2 amide bonds. The van der Waals surface area contributed by atoms with Gasteiger partial charge in [0.15, 0.2) is 0 Å². The molecule has 0 aliphatic carbocycles. The number of hydrogen-bond acceptors (Lipinski definition) is 5. The van der Waals surface area contributed by atoms with Crippen molar-refractivity contribution in [3.05, 3.63) is 88.9 Å². The summed E-state index contributed by atoms with van der Waals surface area (Å²) in [7, 11) is -3.95. The van der Waals surface area contributed by atoms with Crippen LogP contribution in [0, 0.1) is 0 Å². The molecule has 0 bridgehead atoms. The van der Waals surface area contributed by atoms with Crippen molar-refractivity contribution in [1.29, 1.82) is 0 Å². The van der Waals surface area contributed by atoms with Crippen LogP contribution in [0.2, 0.25) is 5.02 Å². The molecule has 3 N–H and O–H groups in total. The van der Waals surface area contributed by atoms with Gasteiger partial charge in [-0.15, -0.1) is 0 Å². The molecule has 8 nitrogen and oxygen atoms in total. The molecule has 10 heteroatoms. The number of amides is 2. The molecule has 32 heavy (non-hydrogen) atoms. The van der Waals surface area contributed by atoms with Crippen LogP contribution in [0.5, 0.6) is 5.75 Å². The zero-order chi connectivity index (χ0) is 23.1. The first-order valence-electron chi connectivity index (χ1n) is 9.51. The SMILES string of the molecule is CCOc1ccccc1C(=O)NNC(=O)c1cccc(S(=O)(=O)Nc2ccc(Cl)cc2)c1. The molecular formula is C22H20ClN3O5S. The average molecular weight is 474 g/mol. The molecule has 0 fully saturated rings. The lowest BCUT2D eigenvalue weighted by atomic mass is 10.2. The maximum Gasteiger partial charge on any atom is 0.273 e. The van der Waals surface area contributed by atoms with Gasteiger partial charge >= 0.3 is 0 Å². The number of rotatable bonds is 7. The summed E-state index contributed by atoms with van der Waals surface area (Å²) in [5, 5.41) is 0.470. The van der Waals surface area contributed by atoms with Gasteiger partial charge in [-0.3, -0.25) is 25.2 Å². The molecule has 166 valence electrons. The minimum absolute atomic E-state index is 0.0439. The topological polar surface area (TPSA) is 114 Å². The van der Waals surface area contributed by atoms with Gasteiger partial charge in [0.05, 0.1) is 17.1 Å². The number of carbonyl (C=O) groups excluding carboxylic acids is 2. The first-order chi connectivity index (χ1) is 15.3. The molecule has 0 saturated carbocycles. The minimum Gasteiger partial charge on any atom is -0.493 e. The predicted octanol–water partition coefficient (Wildman–Crippen LogP) is 3.61. The molecular weight excluding hydrogens is 454 g/mol. The Bertz CT molecular complexity index is 1230. The van der Waals surface area contributed by atoms with E-state index in [-0.39, 0.29) is 16.0 Å². The Kier molecular flexibility index (Phi) is 7.34. The molecule has 0 heterocycles. The van der Waals surface area contributed by atoms with Crippen molar-refractivity contribution in [3.8, 4) is 5.75 Å². The van der Waals surface area contributed by atoms with Crippen molar-refractivity contribution in [2.75, 3.05) is 11.3 Å². The smallest absolute Gasteiger partial charge is 0.273 e. The van der Waals surface area contributed by atoms with Crippen molar-refractivity contribution in [2.24, 2.45) is 0 Å². The second-order valence-electron chi connectivity index (χ2n) is 6.48. The van der Waals surface area contributed by atoms with E-state index >= 15 is 0 Å². The van der Waals surface area contributed by atoms with Gasteiger partial charge in [0, 0.05) is 16.3 Å². The van der Waals surface area contributed by atoms with Crippen LogP contribution in [0.15, 0.2) is 77.7 Å². The van der Waals surface area contributed by atoms with Gasteiger partial charge in [0.2, 0.25) is 0 Å². The maximum absolute atomic E-state index is 12.7. The lowest BCUT2D eigenvalue weighted by Gasteiger charge is -2.12. The van der Waals surface area contributed by atoms with Crippen molar-refractivity contribution in [1.82, 2.24) is 10.9 Å². The maximum atomic E-state index is 12.7. The van der Waals surface area contributed by atoms with Crippen molar-refractivity contribution < 1.29 is 22.7 Å². The largest absolute Gasteiger partial charge is 0.493 e. The standard InChI is InChI=1S/C22H20ClN3O5S/c1-2-31-20-9-4-3-8-19(20)22(28)25-24-21(27)15-6-5-7-18(14-15)32(29,30)26-17-12-10-16(23)11-13-17/h3-14,26H,2H2,1H3,(H,24,27)(H,25,28). The fourth-order valence-electron chi connectivity index (χ4n) is 2.73. The quantitative estimate of drug-likeness (QED) is 0.453. The molecule has 3 aromatic carbocycles. The Morgan fingerprint density at radius 1 is 0.906 bits per heavy atom. The molecule has 0 aromatic heterocycles. The number of para-hydroxylation sites is 1. The summed E-state index contributed by atoms with van der Waals surface area (Å²) < 4.78 is 33.1. The summed E-state index contributed by atoms with van der Waals surface area (Å²) in [6, 6.07) is 18.1. The summed E-state index contributed by atoms with van der Waals surface area (Å²) >= 11 is 5.81. The second kappa shape index (κ2) is 10.2. The van der Waals surface area contributed by atoms with E-state index in [9.17, 15) is 18.0 Å². The van der Waals surface area contributed by atoms with Crippen LogP contribution in [0.25, 0.3) is 0 Å². The number of carbonyl (C=O) groups is 2. The Labute approximate surface area is 190 Å². The van der Waals surface area contributed by atoms with Gasteiger partial charge in [-0.1, -0.05) is 29.8 Å². The number of anilines is 1. The highest BCUT2D eigenvalue weighted by atomic mass is 35.5. The van der Waals surface area contributed by atoms with Gasteiger partial charge in [-0.05, 0) is 61.5 Å². The number of hydrazine groups is 1. The van der Waals surface area contributed by atoms with Crippen LogP contribution in [0.3, 0.4) is 0 Å². The lowest BCUT2D eigenvalue weighted by molar-refractivity contribution is 0.0844. The molecule has 0 spiro atoms. The average Bonchev–Trinajstić information content (AvgIpc) is 2.79. The predicted molar refractivity (Wildman–Crippen MR) is 121 cm³/mol. The minimum atomic E-state index is -3.95. The van der Waals surface area contributed by atoms with Crippen LogP contribution in [-0.2, 0) is 10.0 Å². The van der Waals surface area contributed by atoms with Crippen LogP contribution in [0.1, 0.15) is 27.6 Å². The second-order valence-corrected chi connectivity index (χ2v) is 8.60. The molecule has 0 aliphatic heterocycles. The monoisotopic (exact) mass is 473 g/mol. The van der Waals surface area contributed by atoms with Crippen LogP contribution in [0.4, 0.5) is 5.69 Å². The normalized spacial score (nSPS) is 10.8. The summed E-state index contributed by atoms with van der Waals surface area (Å²) in [5.41, 5.74) is 5.20. The van der Waals surface area contributed by atoms with E-state index in [0.717, 1.165) is 0 Å². The fourth-order valence-corrected chi connectivity index (χ4v) is 3.96. The van der Waals surface area contributed by atoms with Crippen molar-refractivity contribution in [2.45, 2.75) is 11.8 Å². The zero-order valence-electron chi connectivity index (χ0n) is 17.0. The number of ether oxygens (including phenoxy) is 1. The third-order valence-corrected chi connectivity index (χ3v) is 5.85. The van der Waals surface area contributed by atoms with Gasteiger partial charge < -0.3 is 4.74 Å². The molecule has 0 saturated heterocycles. The van der Waals surface area contributed by atoms with E-state index in [1.807, 2.05) is 0 Å². The van der Waals surface area contributed by atoms with E-state index in [0.29, 0.717) is 23.1 Å². The summed E-state index contributed by atoms with van der Waals surface area (Å²) in [4.78, 5) is 24.8. The molecule has 3 rings (SSSR count). The number of sulfonamides is 1. The third kappa shape index (κ3) is 5.77. The van der Waals surface area contributed by atoms with Crippen molar-refractivity contribution >= 4 is 39.1 Å². The summed E-state index contributed by atoms with van der Waals surface area (Å²) in [6.07, 6.45) is 0. The van der Waals surface area contributed by atoms with Crippen molar-refractivity contribution in [3.63, 3.8) is 0 Å². The van der Waals surface area contributed by atoms with Crippen LogP contribution >= 0.6 is 11.6 Å². The van der Waals surface area contributed by atoms with Gasteiger partial charge in [-0.2, -0.15) is 0 Å². The summed E-state index contributed by atoms with van der Waals surface area (Å²) in [5.74, 6) is -0.880. The third-order valence-electron chi connectivity index (χ3n) is 4.22. The van der Waals surface area contributed by atoms with E-state index in [1.54, 1.807) is 43.3 Å². The molecule has 0 radical (unpaired) electrons. The fraction of sp³-hybridized carbons (Fsp3) is 0.0909. The Balaban J connectivity index is 1.70. The highest BCUT2D eigenvalue weighted by molar-refractivity contribution is 7.92. The molecule has 0 aliphatic rings. The highest BCUT2D eigenvalue weighted by Crippen LogP contribution is 2.20. The number of benzene rings is 3. The Hall–Kier alpha value is -3.56. The van der Waals surface area contributed by atoms with E-state index in [2.05, 4.69) is 15.6 Å². The molecule has 0 atom stereocenters. The van der Waals surface area contributed by atoms with Crippen LogP contribution in [-0.4, -0.2) is 26.8 Å². The molecule has 3 aromatic rings. The van der Waals surface area contributed by atoms with Gasteiger partial charge in [0.1, 0.15) is 5.75 Å². The highest BCUT2D eigenvalue weighted by Gasteiger charge is 2.18. The van der Waals surface area contributed by atoms with E-state index in [1.165, 1.54) is 36.4 Å². The number of nitrogens with one attached hydrogen (secondary N) is 3. The Morgan fingerprint density at radius 2 is 1.59 bits per heavy atom. The summed E-state index contributed by atoms with van der Waals surface area (Å²) in [6.45, 7) is 2.17. The number of hydrogen-bond donors (Lipinski definition) is 3.